The molecule has 1 aromatic carbocycles. The highest BCUT2D eigenvalue weighted by Gasteiger charge is 2.47. The molecule has 10 heteroatoms. The van der Waals surface area contributed by atoms with Crippen LogP contribution < -0.4 is 20.1 Å². The smallest absolute Gasteiger partial charge is 0.392 e. The monoisotopic (exact) mass is 386 g/mol. The Morgan fingerprint density at radius 2 is 1.89 bits per heavy atom. The Balaban J connectivity index is 1.95. The predicted molar refractivity (Wildman–Crippen MR) is 94.0 cm³/mol. The average molecular weight is 386 g/mol. The summed E-state index contributed by atoms with van der Waals surface area (Å²) in [7, 11) is 2.98. The molecule has 0 aliphatic carbocycles. The fraction of sp³-hybridized carbons (Fsp3) is 0.529. The molecule has 2 heterocycles. The summed E-state index contributed by atoms with van der Waals surface area (Å²) in [6.45, 7) is -0.438. The number of nitrogen functional groups attached to an aromatic ring is 1. The molecule has 0 saturated carbocycles. The molecule has 0 bridgehead atoms. The minimum atomic E-state index is -4.34. The van der Waals surface area contributed by atoms with Gasteiger partial charge in [-0.15, -0.1) is 0 Å². The van der Waals surface area contributed by atoms with Crippen molar-refractivity contribution in [2.75, 3.05) is 44.5 Å². The third kappa shape index (κ3) is 3.66. The number of aromatic nitrogens is 2. The van der Waals surface area contributed by atoms with Gasteiger partial charge in [-0.25, -0.2) is 4.98 Å². The number of aliphatic hydroxyl groups excluding tert-OH is 1. The molecular formula is C17H21F3N4O3. The van der Waals surface area contributed by atoms with E-state index in [9.17, 15) is 18.3 Å². The molecule has 148 valence electrons. The van der Waals surface area contributed by atoms with E-state index in [-0.39, 0.29) is 31.3 Å². The molecule has 2 unspecified atom stereocenters. The number of anilines is 2. The molecule has 3 N–H and O–H groups in total. The molecule has 0 radical (unpaired) electrons. The molecule has 0 spiro atoms. The number of halogens is 3. The highest BCUT2D eigenvalue weighted by atomic mass is 19.4. The van der Waals surface area contributed by atoms with Crippen molar-refractivity contribution in [3.05, 3.63) is 12.1 Å². The number of nitrogens with zero attached hydrogens (tertiary/aromatic N) is 3. The van der Waals surface area contributed by atoms with E-state index < -0.39 is 24.6 Å². The topological polar surface area (TPSA) is 93.7 Å². The first-order chi connectivity index (χ1) is 12.8. The van der Waals surface area contributed by atoms with E-state index in [2.05, 4.69) is 9.97 Å². The normalized spacial score (nSPS) is 20.7. The average Bonchev–Trinajstić information content (AvgIpc) is 2.65. The fourth-order valence-corrected chi connectivity index (χ4v) is 3.44. The number of rotatable bonds is 4. The van der Waals surface area contributed by atoms with Gasteiger partial charge >= 0.3 is 6.18 Å². The summed E-state index contributed by atoms with van der Waals surface area (Å²) in [6, 6.07) is 3.29. The molecule has 1 aliphatic rings. The zero-order valence-corrected chi connectivity index (χ0v) is 15.0. The number of hydrogen-bond acceptors (Lipinski definition) is 7. The van der Waals surface area contributed by atoms with Gasteiger partial charge in [-0.05, 0) is 12.5 Å². The first kappa shape index (κ1) is 19.3. The number of fused-ring (bicyclic) bond motifs is 1. The number of methoxy groups -OCH3 is 2. The summed E-state index contributed by atoms with van der Waals surface area (Å²) in [5, 5.41) is 9.98. The van der Waals surface area contributed by atoms with Crippen molar-refractivity contribution < 1.29 is 27.8 Å². The standard InChI is InChI=1S/C17H21F3N4O3/c1-26-13-5-10-12(6-14(13)27-2)22-16(23-15(10)21)24-4-3-11(17(18,19)20)9(7-24)8-25/h5-6,9,11,25H,3-4,7-8H2,1-2H3,(H2,21,22,23). The van der Waals surface area contributed by atoms with Gasteiger partial charge in [-0.1, -0.05) is 0 Å². The minimum absolute atomic E-state index is 0.00108. The second-order valence-electron chi connectivity index (χ2n) is 6.46. The van der Waals surface area contributed by atoms with Crippen LogP contribution in [0.4, 0.5) is 24.9 Å². The van der Waals surface area contributed by atoms with E-state index in [1.54, 1.807) is 17.0 Å². The highest BCUT2D eigenvalue weighted by Crippen LogP contribution is 2.39. The Bertz CT molecular complexity index is 831. The molecule has 2 atom stereocenters. The van der Waals surface area contributed by atoms with Crippen LogP contribution in [0.1, 0.15) is 6.42 Å². The Kier molecular flexibility index (Phi) is 5.18. The van der Waals surface area contributed by atoms with Gasteiger partial charge in [-0.2, -0.15) is 18.2 Å². The van der Waals surface area contributed by atoms with Gasteiger partial charge in [-0.3, -0.25) is 0 Å². The summed E-state index contributed by atoms with van der Waals surface area (Å²) < 4.78 is 49.9. The Morgan fingerprint density at radius 1 is 1.22 bits per heavy atom. The van der Waals surface area contributed by atoms with Gasteiger partial charge in [0.25, 0.3) is 0 Å². The molecule has 27 heavy (non-hydrogen) atoms. The lowest BCUT2D eigenvalue weighted by molar-refractivity contribution is -0.195. The lowest BCUT2D eigenvalue weighted by atomic mass is 9.85. The van der Waals surface area contributed by atoms with Gasteiger partial charge < -0.3 is 25.2 Å². The first-order valence-electron chi connectivity index (χ1n) is 8.40. The van der Waals surface area contributed by atoms with Crippen molar-refractivity contribution in [1.82, 2.24) is 9.97 Å². The van der Waals surface area contributed by atoms with Crippen LogP contribution in [0.25, 0.3) is 10.9 Å². The van der Waals surface area contributed by atoms with Crippen LogP contribution >= 0.6 is 0 Å². The molecule has 2 aromatic rings. The highest BCUT2D eigenvalue weighted by molar-refractivity contribution is 5.91. The third-order valence-corrected chi connectivity index (χ3v) is 4.89. The summed E-state index contributed by atoms with van der Waals surface area (Å²) in [4.78, 5) is 10.3. The summed E-state index contributed by atoms with van der Waals surface area (Å²) in [5.74, 6) is -1.14. The number of hydrogen-bond donors (Lipinski definition) is 2. The number of ether oxygens (including phenoxy) is 2. The van der Waals surface area contributed by atoms with Crippen LogP contribution in [0.2, 0.25) is 0 Å². The van der Waals surface area contributed by atoms with Gasteiger partial charge in [0.2, 0.25) is 5.95 Å². The van der Waals surface area contributed by atoms with Gasteiger partial charge in [0.1, 0.15) is 5.82 Å². The summed E-state index contributed by atoms with van der Waals surface area (Å²) >= 11 is 0. The first-order valence-corrected chi connectivity index (χ1v) is 8.40. The number of piperidine rings is 1. The van der Waals surface area contributed by atoms with Crippen LogP contribution in [0.15, 0.2) is 12.1 Å². The fourth-order valence-electron chi connectivity index (χ4n) is 3.44. The van der Waals surface area contributed by atoms with Crippen LogP contribution in [-0.2, 0) is 0 Å². The van der Waals surface area contributed by atoms with Gasteiger partial charge in [0.15, 0.2) is 11.5 Å². The van der Waals surface area contributed by atoms with Crippen molar-refractivity contribution in [3.63, 3.8) is 0 Å². The quantitative estimate of drug-likeness (QED) is 0.832. The zero-order valence-electron chi connectivity index (χ0n) is 15.0. The molecular weight excluding hydrogens is 365 g/mol. The maximum absolute atomic E-state index is 13.1. The minimum Gasteiger partial charge on any atom is -0.493 e. The van der Waals surface area contributed by atoms with Gasteiger partial charge in [0.05, 0.1) is 25.7 Å². The summed E-state index contributed by atoms with van der Waals surface area (Å²) in [5.41, 5.74) is 6.53. The predicted octanol–water partition coefficient (Wildman–Crippen LogP) is 2.23. The Hall–Kier alpha value is -2.49. The maximum atomic E-state index is 13.1. The van der Waals surface area contributed by atoms with Crippen LogP contribution in [0.5, 0.6) is 11.5 Å². The van der Waals surface area contributed by atoms with Crippen molar-refractivity contribution >= 4 is 22.7 Å². The maximum Gasteiger partial charge on any atom is 0.392 e. The van der Waals surface area contributed by atoms with E-state index in [4.69, 9.17) is 15.2 Å². The van der Waals surface area contributed by atoms with E-state index in [0.29, 0.717) is 22.4 Å². The molecule has 1 saturated heterocycles. The number of alkyl halides is 3. The molecule has 1 aliphatic heterocycles. The molecule has 1 aromatic heterocycles. The van der Waals surface area contributed by atoms with Crippen molar-refractivity contribution in [2.45, 2.75) is 12.6 Å². The van der Waals surface area contributed by atoms with Crippen LogP contribution in [0.3, 0.4) is 0 Å². The molecule has 3 rings (SSSR count). The zero-order chi connectivity index (χ0) is 19.8. The van der Waals surface area contributed by atoms with Crippen LogP contribution in [0, 0.1) is 11.8 Å². The Labute approximate surface area is 153 Å². The van der Waals surface area contributed by atoms with Gasteiger partial charge in [0, 0.05) is 37.1 Å². The van der Waals surface area contributed by atoms with E-state index >= 15 is 0 Å². The SMILES string of the molecule is COc1cc2nc(N3CCC(C(F)(F)F)C(CO)C3)nc(N)c2cc1OC. The Morgan fingerprint density at radius 3 is 2.48 bits per heavy atom. The number of benzene rings is 1. The lowest BCUT2D eigenvalue weighted by Gasteiger charge is -2.38. The van der Waals surface area contributed by atoms with Crippen LogP contribution in [-0.4, -0.2) is 55.2 Å². The number of nitrogens with two attached hydrogens (primary N) is 1. The van der Waals surface area contributed by atoms with Crippen molar-refractivity contribution in [1.29, 1.82) is 0 Å². The van der Waals surface area contributed by atoms with Crippen molar-refractivity contribution in [2.24, 2.45) is 11.8 Å². The number of aliphatic hydroxyl groups is 1. The molecule has 7 nitrogen and oxygen atoms in total. The van der Waals surface area contributed by atoms with E-state index in [1.165, 1.54) is 14.2 Å². The second-order valence-corrected chi connectivity index (χ2v) is 6.46. The lowest BCUT2D eigenvalue weighted by Crippen LogP contribution is -2.47. The molecule has 1 fully saturated rings. The second kappa shape index (κ2) is 7.26. The molecule has 0 amide bonds. The van der Waals surface area contributed by atoms with E-state index in [1.807, 2.05) is 0 Å². The van der Waals surface area contributed by atoms with E-state index in [0.717, 1.165) is 0 Å². The third-order valence-electron chi connectivity index (χ3n) is 4.89. The largest absolute Gasteiger partial charge is 0.493 e. The van der Waals surface area contributed by atoms with Crippen molar-refractivity contribution in [3.8, 4) is 11.5 Å². The summed E-state index contributed by atoms with van der Waals surface area (Å²) in [6.07, 6.45) is -4.48.